The van der Waals surface area contributed by atoms with E-state index >= 15 is 0 Å². The molecule has 4 rings (SSSR count). The smallest absolute Gasteiger partial charge is 0.147 e. The van der Waals surface area contributed by atoms with Gasteiger partial charge in [0.05, 0.1) is 12.2 Å². The van der Waals surface area contributed by atoms with Crippen LogP contribution >= 0.6 is 0 Å². The number of pyridine rings is 1. The Morgan fingerprint density at radius 2 is 2.19 bits per heavy atom. The third-order valence-electron chi connectivity index (χ3n) is 4.16. The SMILES string of the molecule is c1cc(CN2CCn3cnnc3C2)ncc1CNC1CC1. The van der Waals surface area contributed by atoms with Crippen LogP contribution in [0.25, 0.3) is 0 Å². The largest absolute Gasteiger partial charge is 0.315 e. The van der Waals surface area contributed by atoms with E-state index < -0.39 is 0 Å². The number of hydrogen-bond donors (Lipinski definition) is 1. The minimum Gasteiger partial charge on any atom is -0.315 e. The topological polar surface area (TPSA) is 58.9 Å². The van der Waals surface area contributed by atoms with Crippen LogP contribution in [0.2, 0.25) is 0 Å². The van der Waals surface area contributed by atoms with Crippen LogP contribution in [0.3, 0.4) is 0 Å². The number of hydrogen-bond acceptors (Lipinski definition) is 5. The highest BCUT2D eigenvalue weighted by molar-refractivity contribution is 5.14. The van der Waals surface area contributed by atoms with E-state index in [9.17, 15) is 0 Å². The summed E-state index contributed by atoms with van der Waals surface area (Å²) in [4.78, 5) is 6.96. The van der Waals surface area contributed by atoms with Crippen molar-refractivity contribution in [2.24, 2.45) is 0 Å². The summed E-state index contributed by atoms with van der Waals surface area (Å²) >= 11 is 0. The number of aromatic nitrogens is 4. The highest BCUT2D eigenvalue weighted by Gasteiger charge is 2.20. The summed E-state index contributed by atoms with van der Waals surface area (Å²) in [5.74, 6) is 1.05. The van der Waals surface area contributed by atoms with Crippen LogP contribution in [0, 0.1) is 0 Å². The number of rotatable bonds is 5. The highest BCUT2D eigenvalue weighted by atomic mass is 15.3. The third-order valence-corrected chi connectivity index (χ3v) is 4.16. The van der Waals surface area contributed by atoms with Gasteiger partial charge in [-0.05, 0) is 24.5 Å². The summed E-state index contributed by atoms with van der Waals surface area (Å²) in [6.07, 6.45) is 6.46. The minimum absolute atomic E-state index is 0.746. The summed E-state index contributed by atoms with van der Waals surface area (Å²) in [7, 11) is 0. The van der Waals surface area contributed by atoms with E-state index in [1.165, 1.54) is 18.4 Å². The van der Waals surface area contributed by atoms with Crippen molar-refractivity contribution in [3.63, 3.8) is 0 Å². The quantitative estimate of drug-likeness (QED) is 0.885. The van der Waals surface area contributed by atoms with Crippen molar-refractivity contribution >= 4 is 0 Å². The third kappa shape index (κ3) is 3.11. The zero-order valence-corrected chi connectivity index (χ0v) is 12.1. The van der Waals surface area contributed by atoms with E-state index in [4.69, 9.17) is 0 Å². The van der Waals surface area contributed by atoms with Crippen molar-refractivity contribution in [3.8, 4) is 0 Å². The van der Waals surface area contributed by atoms with Crippen molar-refractivity contribution in [2.75, 3.05) is 6.54 Å². The molecule has 2 aromatic rings. The standard InChI is InChI=1S/C15H20N6/c1-2-14(17-8-12(1)7-16-13-3-4-13)9-20-5-6-21-11-18-19-15(21)10-20/h1-2,8,11,13,16H,3-7,9-10H2. The maximum Gasteiger partial charge on any atom is 0.147 e. The van der Waals surface area contributed by atoms with Crippen molar-refractivity contribution in [2.45, 2.75) is 45.1 Å². The first-order valence-electron chi connectivity index (χ1n) is 7.63. The molecule has 0 radical (unpaired) electrons. The zero-order valence-electron chi connectivity index (χ0n) is 12.1. The predicted octanol–water partition coefficient (Wildman–Crippen LogP) is 0.941. The van der Waals surface area contributed by atoms with Gasteiger partial charge in [-0.15, -0.1) is 10.2 Å². The molecule has 0 amide bonds. The number of nitrogens with zero attached hydrogens (tertiary/aromatic N) is 5. The molecule has 21 heavy (non-hydrogen) atoms. The number of nitrogens with one attached hydrogen (secondary N) is 1. The normalized spacial score (nSPS) is 18.7. The van der Waals surface area contributed by atoms with Gasteiger partial charge in [0.1, 0.15) is 12.2 Å². The second-order valence-electron chi connectivity index (χ2n) is 5.96. The van der Waals surface area contributed by atoms with Crippen LogP contribution < -0.4 is 5.32 Å². The average molecular weight is 284 g/mol. The molecule has 6 heteroatoms. The monoisotopic (exact) mass is 284 g/mol. The average Bonchev–Trinajstić information content (AvgIpc) is 3.23. The zero-order chi connectivity index (χ0) is 14.1. The van der Waals surface area contributed by atoms with Crippen molar-refractivity contribution in [1.29, 1.82) is 0 Å². The van der Waals surface area contributed by atoms with Gasteiger partial charge in [0.25, 0.3) is 0 Å². The maximum atomic E-state index is 4.59. The van der Waals surface area contributed by atoms with Crippen LogP contribution in [0.5, 0.6) is 0 Å². The molecule has 1 N–H and O–H groups in total. The Balaban J connectivity index is 1.34. The van der Waals surface area contributed by atoms with E-state index in [1.54, 1.807) is 0 Å². The summed E-state index contributed by atoms with van der Waals surface area (Å²) < 4.78 is 2.12. The molecule has 0 atom stereocenters. The molecule has 0 aromatic carbocycles. The molecular formula is C15H20N6. The van der Waals surface area contributed by atoms with Gasteiger partial charge >= 0.3 is 0 Å². The van der Waals surface area contributed by atoms with Crippen LogP contribution in [-0.4, -0.2) is 37.2 Å². The molecule has 0 unspecified atom stereocenters. The summed E-state index contributed by atoms with van der Waals surface area (Å²) in [6.45, 7) is 4.66. The summed E-state index contributed by atoms with van der Waals surface area (Å²) in [5, 5.41) is 11.6. The molecule has 0 bridgehead atoms. The van der Waals surface area contributed by atoms with Crippen LogP contribution in [0.15, 0.2) is 24.7 Å². The molecular weight excluding hydrogens is 264 g/mol. The van der Waals surface area contributed by atoms with E-state index in [-0.39, 0.29) is 0 Å². The van der Waals surface area contributed by atoms with Gasteiger partial charge in [-0.2, -0.15) is 0 Å². The molecule has 0 spiro atoms. The molecule has 1 aliphatic carbocycles. The van der Waals surface area contributed by atoms with E-state index in [1.807, 2.05) is 12.5 Å². The maximum absolute atomic E-state index is 4.59. The van der Waals surface area contributed by atoms with Gasteiger partial charge in [0.15, 0.2) is 0 Å². The van der Waals surface area contributed by atoms with Crippen LogP contribution in [-0.2, 0) is 26.2 Å². The summed E-state index contributed by atoms with van der Waals surface area (Å²) in [6, 6.07) is 5.07. The van der Waals surface area contributed by atoms with Crippen molar-refractivity contribution in [3.05, 3.63) is 41.7 Å². The molecule has 110 valence electrons. The van der Waals surface area contributed by atoms with Crippen molar-refractivity contribution in [1.82, 2.24) is 30.0 Å². The lowest BCUT2D eigenvalue weighted by Gasteiger charge is -2.26. The fourth-order valence-electron chi connectivity index (χ4n) is 2.68. The first-order chi connectivity index (χ1) is 10.4. The van der Waals surface area contributed by atoms with Crippen molar-refractivity contribution < 1.29 is 0 Å². The molecule has 1 saturated carbocycles. The first kappa shape index (κ1) is 12.9. The number of fused-ring (bicyclic) bond motifs is 1. The molecule has 1 aliphatic heterocycles. The molecule has 2 aliphatic rings. The molecule has 0 saturated heterocycles. The lowest BCUT2D eigenvalue weighted by molar-refractivity contribution is 0.206. The van der Waals surface area contributed by atoms with Gasteiger partial charge in [-0.25, -0.2) is 0 Å². The molecule has 3 heterocycles. The molecule has 6 nitrogen and oxygen atoms in total. The van der Waals surface area contributed by atoms with E-state index in [0.717, 1.165) is 50.3 Å². The Kier molecular flexibility index (Phi) is 3.40. The Labute approximate surface area is 124 Å². The van der Waals surface area contributed by atoms with Crippen LogP contribution in [0.4, 0.5) is 0 Å². The van der Waals surface area contributed by atoms with E-state index in [2.05, 4.69) is 42.1 Å². The van der Waals surface area contributed by atoms with Gasteiger partial charge < -0.3 is 9.88 Å². The Morgan fingerprint density at radius 3 is 3.00 bits per heavy atom. The molecule has 1 fully saturated rings. The first-order valence-corrected chi connectivity index (χ1v) is 7.63. The second-order valence-corrected chi connectivity index (χ2v) is 5.96. The lowest BCUT2D eigenvalue weighted by Crippen LogP contribution is -2.33. The lowest BCUT2D eigenvalue weighted by atomic mass is 10.2. The Morgan fingerprint density at radius 1 is 1.24 bits per heavy atom. The van der Waals surface area contributed by atoms with Crippen LogP contribution in [0.1, 0.15) is 29.9 Å². The Bertz CT molecular complexity index is 601. The van der Waals surface area contributed by atoms with E-state index in [0.29, 0.717) is 0 Å². The minimum atomic E-state index is 0.746. The predicted molar refractivity (Wildman–Crippen MR) is 78.2 cm³/mol. The molecule has 2 aromatic heterocycles. The Hall–Kier alpha value is -1.79. The fourth-order valence-corrected chi connectivity index (χ4v) is 2.68. The second kappa shape index (κ2) is 5.54. The van der Waals surface area contributed by atoms with Gasteiger partial charge in [0, 0.05) is 38.4 Å². The van der Waals surface area contributed by atoms with Gasteiger partial charge in [-0.1, -0.05) is 6.07 Å². The summed E-state index contributed by atoms with van der Waals surface area (Å²) in [5.41, 5.74) is 2.39. The van der Waals surface area contributed by atoms with Gasteiger partial charge in [0.2, 0.25) is 0 Å². The highest BCUT2D eigenvalue weighted by Crippen LogP contribution is 2.19. The fraction of sp³-hybridized carbons (Fsp3) is 0.533. The van der Waals surface area contributed by atoms with Gasteiger partial charge in [-0.3, -0.25) is 9.88 Å².